The standard InChI is InChI=1S/C24H35NO10/c1-8-30-22(28)34-18-11-10-16(13-19(18)35-23(29)31-9-2)12-17(25)20(26)32-14(3)15(4)33-21(27)24(5,6)7/h10-11,13-15,17H,8-9,12,25H2,1-7H3/t14-,15-,17-/m0/s1. The zero-order valence-electron chi connectivity index (χ0n) is 21.2. The fourth-order valence-electron chi connectivity index (χ4n) is 2.46. The molecule has 0 unspecified atom stereocenters. The van der Waals surface area contributed by atoms with Crippen LogP contribution in [0.4, 0.5) is 9.59 Å². The van der Waals surface area contributed by atoms with Crippen LogP contribution in [0.3, 0.4) is 0 Å². The molecule has 0 saturated heterocycles. The Bertz CT molecular complexity index is 893. The minimum Gasteiger partial charge on any atom is -0.458 e. The van der Waals surface area contributed by atoms with E-state index in [1.807, 2.05) is 0 Å². The van der Waals surface area contributed by atoms with Gasteiger partial charge in [-0.15, -0.1) is 0 Å². The maximum Gasteiger partial charge on any atom is 0.513 e. The summed E-state index contributed by atoms with van der Waals surface area (Å²) in [6.07, 6.45) is -3.38. The second kappa shape index (κ2) is 13.5. The fraction of sp³-hybridized carbons (Fsp3) is 0.583. The summed E-state index contributed by atoms with van der Waals surface area (Å²) in [5, 5.41) is 0. The van der Waals surface area contributed by atoms with E-state index < -0.39 is 47.9 Å². The first-order valence-electron chi connectivity index (χ1n) is 11.3. The highest BCUT2D eigenvalue weighted by molar-refractivity contribution is 5.77. The summed E-state index contributed by atoms with van der Waals surface area (Å²) in [7, 11) is 0. The van der Waals surface area contributed by atoms with Gasteiger partial charge in [-0.2, -0.15) is 0 Å². The minimum atomic E-state index is -1.07. The summed E-state index contributed by atoms with van der Waals surface area (Å²) in [5.74, 6) is -1.34. The van der Waals surface area contributed by atoms with Gasteiger partial charge in [0.05, 0.1) is 18.6 Å². The first-order chi connectivity index (χ1) is 16.3. The van der Waals surface area contributed by atoms with Crippen LogP contribution in [0.25, 0.3) is 0 Å². The minimum absolute atomic E-state index is 0.0145. The smallest absolute Gasteiger partial charge is 0.458 e. The van der Waals surface area contributed by atoms with Gasteiger partial charge in [0.15, 0.2) is 11.5 Å². The SMILES string of the molecule is CCOC(=O)Oc1ccc(C[C@H](N)C(=O)O[C@@H](C)[C@H](C)OC(=O)C(C)(C)C)cc1OC(=O)OCC. The fourth-order valence-corrected chi connectivity index (χ4v) is 2.46. The zero-order valence-corrected chi connectivity index (χ0v) is 21.2. The largest absolute Gasteiger partial charge is 0.513 e. The molecule has 0 aliphatic carbocycles. The molecular formula is C24H35NO10. The van der Waals surface area contributed by atoms with E-state index in [9.17, 15) is 19.2 Å². The van der Waals surface area contributed by atoms with Crippen molar-refractivity contribution in [3.63, 3.8) is 0 Å². The van der Waals surface area contributed by atoms with E-state index in [2.05, 4.69) is 0 Å². The van der Waals surface area contributed by atoms with Crippen molar-refractivity contribution >= 4 is 24.2 Å². The van der Waals surface area contributed by atoms with Crippen molar-refractivity contribution in [2.24, 2.45) is 11.1 Å². The van der Waals surface area contributed by atoms with Gasteiger partial charge < -0.3 is 34.2 Å². The number of hydrogen-bond acceptors (Lipinski definition) is 11. The number of hydrogen-bond donors (Lipinski definition) is 1. The van der Waals surface area contributed by atoms with Crippen molar-refractivity contribution in [2.75, 3.05) is 13.2 Å². The molecule has 0 aromatic heterocycles. The van der Waals surface area contributed by atoms with Crippen molar-refractivity contribution in [3.05, 3.63) is 23.8 Å². The van der Waals surface area contributed by atoms with Crippen molar-refractivity contribution in [3.8, 4) is 11.5 Å². The summed E-state index contributed by atoms with van der Waals surface area (Å²) >= 11 is 0. The van der Waals surface area contributed by atoms with Gasteiger partial charge in [0.2, 0.25) is 0 Å². The number of benzene rings is 1. The molecule has 0 amide bonds. The highest BCUT2D eigenvalue weighted by atomic mass is 16.7. The first-order valence-corrected chi connectivity index (χ1v) is 11.3. The van der Waals surface area contributed by atoms with Crippen LogP contribution in [0.15, 0.2) is 18.2 Å². The predicted molar refractivity (Wildman–Crippen MR) is 124 cm³/mol. The average Bonchev–Trinajstić information content (AvgIpc) is 2.74. The Morgan fingerprint density at radius 1 is 0.857 bits per heavy atom. The lowest BCUT2D eigenvalue weighted by Gasteiger charge is -2.25. The maximum atomic E-state index is 12.5. The highest BCUT2D eigenvalue weighted by Gasteiger charge is 2.29. The van der Waals surface area contributed by atoms with Gasteiger partial charge in [-0.3, -0.25) is 9.59 Å². The van der Waals surface area contributed by atoms with Crippen molar-refractivity contribution in [2.45, 2.75) is 73.1 Å². The van der Waals surface area contributed by atoms with E-state index in [1.165, 1.54) is 18.2 Å². The van der Waals surface area contributed by atoms with Gasteiger partial charge >= 0.3 is 24.2 Å². The molecule has 1 aromatic rings. The normalized spacial score (nSPS) is 13.6. The third-order valence-corrected chi connectivity index (χ3v) is 4.55. The molecule has 0 heterocycles. The monoisotopic (exact) mass is 497 g/mol. The summed E-state index contributed by atoms with van der Waals surface area (Å²) in [6.45, 7) is 11.7. The molecule has 196 valence electrons. The van der Waals surface area contributed by atoms with E-state index in [-0.39, 0.29) is 31.1 Å². The van der Waals surface area contributed by atoms with E-state index in [0.717, 1.165) is 0 Å². The zero-order chi connectivity index (χ0) is 26.8. The van der Waals surface area contributed by atoms with E-state index in [0.29, 0.717) is 5.56 Å². The first kappa shape index (κ1) is 29.7. The molecule has 2 N–H and O–H groups in total. The van der Waals surface area contributed by atoms with Crippen molar-refractivity contribution in [1.29, 1.82) is 0 Å². The Morgan fingerprint density at radius 3 is 1.89 bits per heavy atom. The molecule has 1 rings (SSSR count). The second-order valence-corrected chi connectivity index (χ2v) is 8.66. The number of nitrogens with two attached hydrogens (primary N) is 1. The van der Waals surface area contributed by atoms with Gasteiger partial charge in [0.25, 0.3) is 0 Å². The van der Waals surface area contributed by atoms with Crippen LogP contribution in [-0.4, -0.2) is 55.7 Å². The van der Waals surface area contributed by atoms with Gasteiger partial charge in [-0.25, -0.2) is 9.59 Å². The molecular weight excluding hydrogens is 462 g/mol. The van der Waals surface area contributed by atoms with Gasteiger partial charge in [0.1, 0.15) is 18.2 Å². The van der Waals surface area contributed by atoms with Crippen LogP contribution in [0.5, 0.6) is 11.5 Å². The Kier molecular flexibility index (Phi) is 11.5. The average molecular weight is 498 g/mol. The summed E-state index contributed by atoms with van der Waals surface area (Å²) < 4.78 is 30.3. The number of rotatable bonds is 10. The van der Waals surface area contributed by atoms with Gasteiger partial charge in [-0.05, 0) is 72.6 Å². The third kappa shape index (κ3) is 10.2. The molecule has 0 aliphatic heterocycles. The molecule has 11 nitrogen and oxygen atoms in total. The third-order valence-electron chi connectivity index (χ3n) is 4.55. The number of carbonyl (C=O) groups excluding carboxylic acids is 4. The summed E-state index contributed by atoms with van der Waals surface area (Å²) in [4.78, 5) is 48.0. The van der Waals surface area contributed by atoms with E-state index >= 15 is 0 Å². The topological polar surface area (TPSA) is 150 Å². The predicted octanol–water partition coefficient (Wildman–Crippen LogP) is 3.54. The van der Waals surface area contributed by atoms with Crippen LogP contribution in [0.1, 0.15) is 54.0 Å². The lowest BCUT2D eigenvalue weighted by atomic mass is 9.97. The quantitative estimate of drug-likeness (QED) is 0.287. The lowest BCUT2D eigenvalue weighted by molar-refractivity contribution is -0.171. The van der Waals surface area contributed by atoms with Crippen LogP contribution < -0.4 is 15.2 Å². The van der Waals surface area contributed by atoms with Crippen LogP contribution in [0, 0.1) is 5.41 Å². The summed E-state index contributed by atoms with van der Waals surface area (Å²) in [5.41, 5.74) is 5.80. The van der Waals surface area contributed by atoms with Crippen LogP contribution >= 0.6 is 0 Å². The second-order valence-electron chi connectivity index (χ2n) is 8.66. The lowest BCUT2D eigenvalue weighted by Crippen LogP contribution is -2.40. The molecule has 0 aliphatic rings. The van der Waals surface area contributed by atoms with Crippen molar-refractivity contribution < 1.29 is 47.6 Å². The molecule has 0 fully saturated rings. The Balaban J connectivity index is 2.89. The maximum absolute atomic E-state index is 12.5. The number of esters is 2. The molecule has 11 heteroatoms. The Labute approximate surface area is 205 Å². The van der Waals surface area contributed by atoms with Crippen LogP contribution in [0.2, 0.25) is 0 Å². The molecule has 0 saturated carbocycles. The molecule has 1 aromatic carbocycles. The van der Waals surface area contributed by atoms with E-state index in [1.54, 1.807) is 48.5 Å². The highest BCUT2D eigenvalue weighted by Crippen LogP contribution is 2.30. The van der Waals surface area contributed by atoms with Gasteiger partial charge in [-0.1, -0.05) is 6.07 Å². The summed E-state index contributed by atoms with van der Waals surface area (Å²) in [6, 6.07) is 3.22. The molecule has 0 bridgehead atoms. The van der Waals surface area contributed by atoms with Crippen molar-refractivity contribution in [1.82, 2.24) is 0 Å². The van der Waals surface area contributed by atoms with Gasteiger partial charge in [0, 0.05) is 0 Å². The molecule has 35 heavy (non-hydrogen) atoms. The van der Waals surface area contributed by atoms with Crippen LogP contribution in [-0.2, 0) is 35.0 Å². The number of ether oxygens (including phenoxy) is 6. The Morgan fingerprint density at radius 2 is 1.37 bits per heavy atom. The number of carbonyl (C=O) groups is 4. The van der Waals surface area contributed by atoms with E-state index in [4.69, 9.17) is 34.2 Å². The molecule has 3 atom stereocenters. The molecule has 0 spiro atoms. The molecule has 0 radical (unpaired) electrons. The Hall–Kier alpha value is -3.34.